The van der Waals surface area contributed by atoms with E-state index in [9.17, 15) is 9.90 Å². The normalized spacial score (nSPS) is 14.6. The summed E-state index contributed by atoms with van der Waals surface area (Å²) < 4.78 is 5.51. The second-order valence-electron chi connectivity index (χ2n) is 8.00. The summed E-state index contributed by atoms with van der Waals surface area (Å²) >= 11 is 0. The van der Waals surface area contributed by atoms with Crippen molar-refractivity contribution in [3.8, 4) is 11.3 Å². The van der Waals surface area contributed by atoms with Gasteiger partial charge in [-0.05, 0) is 42.7 Å². The number of benzene rings is 2. The van der Waals surface area contributed by atoms with Crippen LogP contribution in [0, 0.1) is 0 Å². The lowest BCUT2D eigenvalue weighted by Crippen LogP contribution is -2.29. The van der Waals surface area contributed by atoms with Crippen LogP contribution in [0.5, 0.6) is 0 Å². The molecule has 5 rings (SSSR count). The Bertz CT molecular complexity index is 1250. The minimum absolute atomic E-state index is 0.431. The maximum atomic E-state index is 11.7. The fourth-order valence-electron chi connectivity index (χ4n) is 4.40. The Labute approximate surface area is 185 Å². The van der Waals surface area contributed by atoms with Crippen molar-refractivity contribution in [1.82, 2.24) is 15.5 Å². The third kappa shape index (κ3) is 4.01. The average Bonchev–Trinajstić information content (AvgIpc) is 3.49. The second kappa shape index (κ2) is 8.70. The second-order valence-corrected chi connectivity index (χ2v) is 8.00. The van der Waals surface area contributed by atoms with E-state index in [1.165, 1.54) is 12.8 Å². The summed E-state index contributed by atoms with van der Waals surface area (Å²) in [6.45, 7) is 2.02. The molecule has 162 valence electrons. The van der Waals surface area contributed by atoms with Crippen LogP contribution < -0.4 is 10.2 Å². The molecule has 0 spiro atoms. The van der Waals surface area contributed by atoms with Gasteiger partial charge in [-0.15, -0.1) is 0 Å². The van der Waals surface area contributed by atoms with Gasteiger partial charge in [-0.3, -0.25) is 0 Å². The summed E-state index contributed by atoms with van der Waals surface area (Å²) in [5.74, 6) is 0.949. The van der Waals surface area contributed by atoms with Gasteiger partial charge in [-0.2, -0.15) is 0 Å². The van der Waals surface area contributed by atoms with Crippen molar-refractivity contribution in [3.05, 3.63) is 78.0 Å². The number of anilines is 1. The summed E-state index contributed by atoms with van der Waals surface area (Å²) in [4.78, 5) is 18.8. The van der Waals surface area contributed by atoms with Gasteiger partial charge in [0.05, 0.1) is 6.04 Å². The van der Waals surface area contributed by atoms with Crippen molar-refractivity contribution in [2.75, 3.05) is 18.0 Å². The van der Waals surface area contributed by atoms with Gasteiger partial charge in [0.1, 0.15) is 11.5 Å². The van der Waals surface area contributed by atoms with Crippen LogP contribution >= 0.6 is 0 Å². The third-order valence-corrected chi connectivity index (χ3v) is 5.90. The van der Waals surface area contributed by atoms with Crippen molar-refractivity contribution in [3.63, 3.8) is 0 Å². The third-order valence-electron chi connectivity index (χ3n) is 5.90. The largest absolute Gasteiger partial charge is 0.465 e. The van der Waals surface area contributed by atoms with Crippen molar-refractivity contribution >= 4 is 22.9 Å². The van der Waals surface area contributed by atoms with Gasteiger partial charge in [0.15, 0.2) is 5.58 Å². The first-order valence-corrected chi connectivity index (χ1v) is 10.8. The summed E-state index contributed by atoms with van der Waals surface area (Å²) in [7, 11) is 0. The number of para-hydroxylation sites is 1. The lowest BCUT2D eigenvalue weighted by Gasteiger charge is -2.21. The Hall–Kier alpha value is -3.87. The summed E-state index contributed by atoms with van der Waals surface area (Å²) in [5.41, 5.74) is 3.91. The maximum Gasteiger partial charge on any atom is 0.405 e. The molecule has 1 atom stereocenters. The molecule has 1 saturated heterocycles. The predicted molar refractivity (Wildman–Crippen MR) is 123 cm³/mol. The summed E-state index contributed by atoms with van der Waals surface area (Å²) in [6.07, 6.45) is 1.70. The smallest absolute Gasteiger partial charge is 0.405 e. The number of carbonyl (C=O) groups is 1. The molecule has 1 amide bonds. The molecule has 4 aromatic rings. The Kier molecular flexibility index (Phi) is 5.46. The number of nitrogens with zero attached hydrogens (tertiary/aromatic N) is 3. The number of amides is 1. The van der Waals surface area contributed by atoms with E-state index in [4.69, 9.17) is 9.51 Å². The van der Waals surface area contributed by atoms with Gasteiger partial charge in [-0.25, -0.2) is 9.78 Å². The summed E-state index contributed by atoms with van der Waals surface area (Å²) in [6, 6.07) is 20.8. The molecular weight excluding hydrogens is 404 g/mol. The fraction of sp³-hybridized carbons (Fsp3) is 0.240. The first-order chi connectivity index (χ1) is 15.7. The van der Waals surface area contributed by atoms with E-state index in [0.29, 0.717) is 17.7 Å². The van der Waals surface area contributed by atoms with E-state index < -0.39 is 12.1 Å². The highest BCUT2D eigenvalue weighted by Gasteiger charge is 2.23. The first kappa shape index (κ1) is 20.1. The average molecular weight is 428 g/mol. The highest BCUT2D eigenvalue weighted by Crippen LogP contribution is 2.34. The van der Waals surface area contributed by atoms with Gasteiger partial charge in [-0.1, -0.05) is 47.6 Å². The van der Waals surface area contributed by atoms with E-state index in [0.717, 1.165) is 41.1 Å². The van der Waals surface area contributed by atoms with E-state index in [2.05, 4.69) is 15.4 Å². The Morgan fingerprint density at radius 3 is 2.66 bits per heavy atom. The molecule has 32 heavy (non-hydrogen) atoms. The SMILES string of the molecule is O=C(O)NC(Cc1cccc(N2CCCC2)n1)c1ccccc1-c1noc2ccccc12. The Balaban J connectivity index is 1.52. The number of hydrogen-bond donors (Lipinski definition) is 2. The number of carboxylic acid groups (broad SMARTS) is 1. The van der Waals surface area contributed by atoms with Crippen LogP contribution in [0.4, 0.5) is 10.6 Å². The molecule has 2 aromatic heterocycles. The van der Waals surface area contributed by atoms with Crippen LogP contribution in [-0.2, 0) is 6.42 Å². The molecule has 0 bridgehead atoms. The molecule has 7 nitrogen and oxygen atoms in total. The minimum Gasteiger partial charge on any atom is -0.465 e. The minimum atomic E-state index is -1.08. The van der Waals surface area contributed by atoms with Gasteiger partial charge in [0, 0.05) is 36.2 Å². The first-order valence-electron chi connectivity index (χ1n) is 10.8. The molecule has 0 radical (unpaired) electrons. The number of pyridine rings is 1. The summed E-state index contributed by atoms with van der Waals surface area (Å²) in [5, 5.41) is 17.4. The van der Waals surface area contributed by atoms with Crippen molar-refractivity contribution in [1.29, 1.82) is 0 Å². The lowest BCUT2D eigenvalue weighted by atomic mass is 9.93. The maximum absolute atomic E-state index is 11.7. The zero-order chi connectivity index (χ0) is 21.9. The number of aromatic nitrogens is 2. The van der Waals surface area contributed by atoms with Crippen LogP contribution in [-0.4, -0.2) is 34.4 Å². The molecule has 0 saturated carbocycles. The van der Waals surface area contributed by atoms with Crippen molar-refractivity contribution in [2.45, 2.75) is 25.3 Å². The molecule has 1 aliphatic heterocycles. The monoisotopic (exact) mass is 428 g/mol. The van der Waals surface area contributed by atoms with Gasteiger partial charge >= 0.3 is 6.09 Å². The number of rotatable bonds is 6. The molecule has 1 fully saturated rings. The van der Waals surface area contributed by atoms with Crippen LogP contribution in [0.2, 0.25) is 0 Å². The predicted octanol–water partition coefficient (Wildman–Crippen LogP) is 5.04. The molecule has 7 heteroatoms. The Morgan fingerprint density at radius 1 is 1.03 bits per heavy atom. The number of nitrogens with one attached hydrogen (secondary N) is 1. The van der Waals surface area contributed by atoms with Crippen molar-refractivity contribution in [2.24, 2.45) is 0 Å². The zero-order valence-electron chi connectivity index (χ0n) is 17.6. The molecule has 3 heterocycles. The van der Waals surface area contributed by atoms with E-state index in [1.807, 2.05) is 66.7 Å². The lowest BCUT2D eigenvalue weighted by molar-refractivity contribution is 0.190. The fourth-order valence-corrected chi connectivity index (χ4v) is 4.40. The number of hydrogen-bond acceptors (Lipinski definition) is 5. The Morgan fingerprint density at radius 2 is 1.81 bits per heavy atom. The van der Waals surface area contributed by atoms with Crippen LogP contribution in [0.3, 0.4) is 0 Å². The van der Waals surface area contributed by atoms with Gasteiger partial charge in [0.2, 0.25) is 0 Å². The molecule has 1 unspecified atom stereocenters. The van der Waals surface area contributed by atoms with Gasteiger partial charge in [0.25, 0.3) is 0 Å². The topological polar surface area (TPSA) is 91.5 Å². The molecule has 1 aliphatic rings. The highest BCUT2D eigenvalue weighted by atomic mass is 16.5. The van der Waals surface area contributed by atoms with E-state index >= 15 is 0 Å². The van der Waals surface area contributed by atoms with Crippen molar-refractivity contribution < 1.29 is 14.4 Å². The zero-order valence-corrected chi connectivity index (χ0v) is 17.6. The van der Waals surface area contributed by atoms with Crippen LogP contribution in [0.25, 0.3) is 22.2 Å². The standard InChI is InChI=1S/C25H24N4O3/c30-25(31)27-21(16-17-8-7-13-23(26-17)29-14-5-6-15-29)18-9-1-2-10-19(18)24-20-11-3-4-12-22(20)32-28-24/h1-4,7-13,21,27H,5-6,14-16H2,(H,30,31). The van der Waals surface area contributed by atoms with E-state index in [1.54, 1.807) is 0 Å². The molecule has 2 N–H and O–H groups in total. The van der Waals surface area contributed by atoms with Gasteiger partial charge < -0.3 is 19.8 Å². The molecule has 2 aromatic carbocycles. The van der Waals surface area contributed by atoms with Crippen LogP contribution in [0.1, 0.15) is 30.1 Å². The van der Waals surface area contributed by atoms with Crippen LogP contribution in [0.15, 0.2) is 71.3 Å². The molecular formula is C25H24N4O3. The highest BCUT2D eigenvalue weighted by molar-refractivity contribution is 5.92. The number of fused-ring (bicyclic) bond motifs is 1. The van der Waals surface area contributed by atoms with E-state index in [-0.39, 0.29) is 0 Å². The molecule has 0 aliphatic carbocycles. The quantitative estimate of drug-likeness (QED) is 0.447.